The minimum Gasteiger partial charge on any atom is -0.479 e. The summed E-state index contributed by atoms with van der Waals surface area (Å²) in [6, 6.07) is -1.61. The number of nitrogens with one attached hydrogen (secondary N) is 1. The lowest BCUT2D eigenvalue weighted by atomic mass is 9.99. The lowest BCUT2D eigenvalue weighted by molar-refractivity contribution is -0.143. The second-order valence-electron chi connectivity index (χ2n) is 3.78. The predicted molar refractivity (Wildman–Crippen MR) is 62.6 cm³/mol. The fraction of sp³-hybridized carbons (Fsp3) is 0.600. The van der Waals surface area contributed by atoms with Crippen molar-refractivity contribution in [2.24, 2.45) is 5.11 Å². The molecule has 3 atom stereocenters. The van der Waals surface area contributed by atoms with Gasteiger partial charge in [-0.05, 0) is 11.6 Å². The van der Waals surface area contributed by atoms with Gasteiger partial charge in [0.1, 0.15) is 6.10 Å². The van der Waals surface area contributed by atoms with Gasteiger partial charge in [-0.1, -0.05) is 5.11 Å². The van der Waals surface area contributed by atoms with E-state index >= 15 is 0 Å². The van der Waals surface area contributed by atoms with Crippen LogP contribution in [0.25, 0.3) is 10.4 Å². The zero-order valence-electron chi connectivity index (χ0n) is 10.4. The normalized spacial score (nSPS) is 25.4. The topological polar surface area (TPSA) is 134 Å². The summed E-state index contributed by atoms with van der Waals surface area (Å²) in [4.78, 5) is 25.1. The van der Waals surface area contributed by atoms with Crippen molar-refractivity contribution in [3.05, 3.63) is 22.3 Å². The Labute approximate surface area is 108 Å². The summed E-state index contributed by atoms with van der Waals surface area (Å²) < 4.78 is 9.71. The molecule has 1 amide bonds. The van der Waals surface area contributed by atoms with E-state index in [1.807, 2.05) is 0 Å². The molecular weight excluding hydrogens is 256 g/mol. The van der Waals surface area contributed by atoms with E-state index in [0.717, 1.165) is 0 Å². The molecule has 1 heterocycles. The molecule has 1 rings (SSSR count). The Bertz CT molecular complexity index is 443. The summed E-state index contributed by atoms with van der Waals surface area (Å²) in [7, 11) is 1.17. The molecule has 9 heteroatoms. The first-order valence-electron chi connectivity index (χ1n) is 5.42. The van der Waals surface area contributed by atoms with Crippen LogP contribution in [0.4, 0.5) is 0 Å². The highest BCUT2D eigenvalue weighted by atomic mass is 16.6. The van der Waals surface area contributed by atoms with E-state index in [1.165, 1.54) is 20.1 Å². The first-order chi connectivity index (χ1) is 9.03. The molecule has 0 aliphatic carbocycles. The number of ether oxygens (including phenoxy) is 2. The van der Waals surface area contributed by atoms with Gasteiger partial charge >= 0.3 is 5.97 Å². The molecular formula is C10H14N4O5. The molecule has 19 heavy (non-hydrogen) atoms. The first kappa shape index (κ1) is 14.8. The number of rotatable bonds is 4. The number of aliphatic hydroxyl groups is 1. The molecule has 104 valence electrons. The monoisotopic (exact) mass is 270 g/mol. The second-order valence-corrected chi connectivity index (χ2v) is 3.78. The summed E-state index contributed by atoms with van der Waals surface area (Å²) in [5.41, 5.74) is 8.51. The van der Waals surface area contributed by atoms with E-state index in [4.69, 9.17) is 10.3 Å². The molecule has 0 spiro atoms. The van der Waals surface area contributed by atoms with E-state index in [-0.39, 0.29) is 11.7 Å². The van der Waals surface area contributed by atoms with Gasteiger partial charge in [-0.15, -0.1) is 0 Å². The van der Waals surface area contributed by atoms with Crippen molar-refractivity contribution in [1.29, 1.82) is 0 Å². The van der Waals surface area contributed by atoms with Crippen LogP contribution in [0.15, 0.2) is 16.9 Å². The number of hydrogen-bond acceptors (Lipinski definition) is 6. The summed E-state index contributed by atoms with van der Waals surface area (Å²) in [6.07, 6.45) is 0.344. The molecule has 2 N–H and O–H groups in total. The molecule has 0 aromatic heterocycles. The largest absolute Gasteiger partial charge is 0.479 e. The van der Waals surface area contributed by atoms with Gasteiger partial charge in [-0.2, -0.15) is 0 Å². The van der Waals surface area contributed by atoms with E-state index < -0.39 is 30.8 Å². The number of carbonyl (C=O) groups excluding carboxylic acids is 2. The van der Waals surface area contributed by atoms with Gasteiger partial charge in [0, 0.05) is 11.8 Å². The highest BCUT2D eigenvalue weighted by Gasteiger charge is 2.36. The van der Waals surface area contributed by atoms with Gasteiger partial charge in [0.2, 0.25) is 11.7 Å². The molecule has 0 radical (unpaired) electrons. The summed E-state index contributed by atoms with van der Waals surface area (Å²) in [5.74, 6) is -1.29. The van der Waals surface area contributed by atoms with Gasteiger partial charge in [0.15, 0.2) is 0 Å². The second kappa shape index (κ2) is 6.62. The number of aliphatic hydroxyl groups excluding tert-OH is 1. The number of methoxy groups -OCH3 is 1. The van der Waals surface area contributed by atoms with Crippen LogP contribution >= 0.6 is 0 Å². The van der Waals surface area contributed by atoms with Crippen LogP contribution in [0.2, 0.25) is 0 Å². The smallest absolute Gasteiger partial charge is 0.372 e. The maximum atomic E-state index is 11.4. The van der Waals surface area contributed by atoms with Crippen molar-refractivity contribution >= 4 is 11.9 Å². The summed E-state index contributed by atoms with van der Waals surface area (Å²) in [5, 5.41) is 15.2. The predicted octanol–water partition coefficient (Wildman–Crippen LogP) is -0.382. The molecule has 1 aliphatic rings. The number of azide groups is 1. The number of amides is 1. The van der Waals surface area contributed by atoms with Gasteiger partial charge < -0.3 is 19.9 Å². The van der Waals surface area contributed by atoms with Crippen LogP contribution < -0.4 is 5.32 Å². The minimum atomic E-state index is -0.904. The van der Waals surface area contributed by atoms with Crippen molar-refractivity contribution < 1.29 is 24.2 Å². The lowest BCUT2D eigenvalue weighted by Gasteiger charge is -2.34. The van der Waals surface area contributed by atoms with E-state index in [0.29, 0.717) is 0 Å². The molecule has 0 saturated heterocycles. The van der Waals surface area contributed by atoms with Gasteiger partial charge in [0.25, 0.3) is 0 Å². The molecule has 0 bridgehead atoms. The van der Waals surface area contributed by atoms with Crippen molar-refractivity contribution in [3.63, 3.8) is 0 Å². The summed E-state index contributed by atoms with van der Waals surface area (Å²) >= 11 is 0. The number of esters is 1. The lowest BCUT2D eigenvalue weighted by Crippen LogP contribution is -2.53. The van der Waals surface area contributed by atoms with E-state index in [9.17, 15) is 14.7 Å². The fourth-order valence-electron chi connectivity index (χ4n) is 1.70. The van der Waals surface area contributed by atoms with Crippen LogP contribution in [0.1, 0.15) is 6.92 Å². The molecule has 0 unspecified atom stereocenters. The zero-order valence-corrected chi connectivity index (χ0v) is 10.4. The molecule has 1 aliphatic heterocycles. The zero-order chi connectivity index (χ0) is 14.4. The highest BCUT2D eigenvalue weighted by Crippen LogP contribution is 2.21. The fourth-order valence-corrected chi connectivity index (χ4v) is 1.70. The molecule has 0 fully saturated rings. The Balaban J connectivity index is 3.09. The quantitative estimate of drug-likeness (QED) is 0.311. The third kappa shape index (κ3) is 3.60. The number of nitrogens with zero attached hydrogens (tertiary/aromatic N) is 3. The Morgan fingerprint density at radius 1 is 1.68 bits per heavy atom. The highest BCUT2D eigenvalue weighted by molar-refractivity contribution is 5.86. The molecule has 0 aromatic carbocycles. The Morgan fingerprint density at radius 2 is 2.37 bits per heavy atom. The average molecular weight is 270 g/mol. The van der Waals surface area contributed by atoms with Crippen molar-refractivity contribution in [1.82, 2.24) is 5.32 Å². The minimum absolute atomic E-state index is 0.166. The summed E-state index contributed by atoms with van der Waals surface area (Å²) in [6.45, 7) is 0.817. The molecule has 0 saturated carbocycles. The molecule has 9 nitrogen and oxygen atoms in total. The van der Waals surface area contributed by atoms with Crippen LogP contribution in [0, 0.1) is 0 Å². The van der Waals surface area contributed by atoms with Crippen molar-refractivity contribution in [2.75, 3.05) is 13.7 Å². The van der Waals surface area contributed by atoms with Crippen molar-refractivity contribution in [2.45, 2.75) is 25.1 Å². The maximum Gasteiger partial charge on any atom is 0.372 e. The van der Waals surface area contributed by atoms with Crippen LogP contribution in [-0.2, 0) is 19.1 Å². The van der Waals surface area contributed by atoms with Gasteiger partial charge in [0.05, 0.1) is 25.8 Å². The first-order valence-corrected chi connectivity index (χ1v) is 5.42. The van der Waals surface area contributed by atoms with E-state index in [1.54, 1.807) is 0 Å². The third-order valence-corrected chi connectivity index (χ3v) is 2.49. The van der Waals surface area contributed by atoms with Crippen LogP contribution in [0.3, 0.4) is 0 Å². The van der Waals surface area contributed by atoms with Gasteiger partial charge in [-0.25, -0.2) is 4.79 Å². The Kier molecular flexibility index (Phi) is 5.16. The number of hydrogen-bond donors (Lipinski definition) is 2. The maximum absolute atomic E-state index is 11.4. The molecule has 0 aromatic rings. The van der Waals surface area contributed by atoms with Crippen LogP contribution in [0.5, 0.6) is 0 Å². The third-order valence-electron chi connectivity index (χ3n) is 2.49. The Hall–Kier alpha value is -2.25. The van der Waals surface area contributed by atoms with E-state index in [2.05, 4.69) is 20.1 Å². The average Bonchev–Trinajstić information content (AvgIpc) is 2.39. The SMILES string of the molecule is COC(=O)C1=C[C@H](N=[N+]=[N-])[C@@H](NC(C)=O)[C@H](CO)O1. The van der Waals surface area contributed by atoms with Crippen LogP contribution in [-0.4, -0.2) is 48.9 Å². The standard InChI is InChI=1S/C10H14N4O5/c1-5(16)12-9-6(13-14-11)3-7(10(17)18-2)19-8(9)4-15/h3,6,8-9,15H,4H2,1-2H3,(H,12,16)/t6-,8-,9+/m0/s1. The number of carbonyl (C=O) groups is 2. The van der Waals surface area contributed by atoms with Crippen molar-refractivity contribution in [3.8, 4) is 0 Å². The van der Waals surface area contributed by atoms with Gasteiger partial charge in [-0.3, -0.25) is 4.79 Å². The Morgan fingerprint density at radius 3 is 2.84 bits per heavy atom.